The van der Waals surface area contributed by atoms with Crippen LogP contribution < -0.4 is 13.9 Å². The molecule has 4 aromatic heterocycles. The Morgan fingerprint density at radius 3 is 1.48 bits per heavy atom. The topological polar surface area (TPSA) is 210 Å². The van der Waals surface area contributed by atoms with Gasteiger partial charge in [0.1, 0.15) is 23.2 Å². The number of pyridine rings is 2. The summed E-state index contributed by atoms with van der Waals surface area (Å²) in [5.41, 5.74) is 3.50. The second-order valence-corrected chi connectivity index (χ2v) is 21.6. The number of carbonyl (C=O) groups excluding carboxylic acids is 2. The van der Waals surface area contributed by atoms with Crippen LogP contribution in [0.3, 0.4) is 0 Å². The van der Waals surface area contributed by atoms with Gasteiger partial charge in [-0.3, -0.25) is 18.2 Å². The lowest BCUT2D eigenvalue weighted by atomic mass is 9.99. The van der Waals surface area contributed by atoms with Crippen LogP contribution in [0.5, 0.6) is 0 Å². The van der Waals surface area contributed by atoms with Crippen molar-refractivity contribution in [3.63, 3.8) is 0 Å². The van der Waals surface area contributed by atoms with Crippen molar-refractivity contribution in [2.45, 2.75) is 26.7 Å². The second kappa shape index (κ2) is 18.3. The normalized spacial score (nSPS) is 15.3. The molecule has 0 aliphatic carbocycles. The molecule has 66 heavy (non-hydrogen) atoms. The highest BCUT2D eigenvalue weighted by Gasteiger charge is 2.33. The van der Waals surface area contributed by atoms with E-state index < -0.39 is 41.7 Å². The average Bonchev–Trinajstić information content (AvgIpc) is 3.81. The fraction of sp³-hybridized carbons (Fsp3) is 0.289. The first kappa shape index (κ1) is 47.8. The molecule has 6 heterocycles. The molecule has 8 rings (SSSR count). The van der Waals surface area contributed by atoms with E-state index >= 15 is 0 Å². The van der Waals surface area contributed by atoms with E-state index in [0.717, 1.165) is 27.4 Å². The number of hydrogen-bond acceptors (Lipinski definition) is 13. The van der Waals surface area contributed by atoms with Crippen molar-refractivity contribution in [3.8, 4) is 22.6 Å². The molecule has 0 radical (unpaired) electrons. The predicted octanol–water partition coefficient (Wildman–Crippen LogP) is 6.89. The van der Waals surface area contributed by atoms with E-state index in [1.165, 1.54) is 52.8 Å². The lowest BCUT2D eigenvalue weighted by Crippen LogP contribution is -2.43. The average molecular weight is 965 g/mol. The molecule has 0 fully saturated rings. The van der Waals surface area contributed by atoms with Crippen molar-refractivity contribution >= 4 is 86.6 Å². The van der Waals surface area contributed by atoms with Crippen molar-refractivity contribution in [1.82, 2.24) is 19.6 Å². The number of sulfonamides is 3. The molecule has 1 N–H and O–H groups in total. The van der Waals surface area contributed by atoms with Crippen LogP contribution in [0.2, 0.25) is 0 Å². The van der Waals surface area contributed by atoms with Crippen LogP contribution in [0.15, 0.2) is 82.7 Å². The quantitative estimate of drug-likeness (QED) is 0.147. The first-order valence-electron chi connectivity index (χ1n) is 20.5. The molecule has 0 bridgehead atoms. The molecule has 21 heteroatoms. The van der Waals surface area contributed by atoms with Gasteiger partial charge in [0.2, 0.25) is 41.5 Å². The molecular weight excluding hydrogens is 919 g/mol. The number of aromatic nitrogens is 2. The molecule has 2 aliphatic rings. The lowest BCUT2D eigenvalue weighted by molar-refractivity contribution is 0.0981. The Labute approximate surface area is 380 Å². The number of hydrogen-bond donors (Lipinski definition) is 1. The van der Waals surface area contributed by atoms with Gasteiger partial charge in [-0.05, 0) is 71.8 Å². The predicted molar refractivity (Wildman–Crippen MR) is 250 cm³/mol. The summed E-state index contributed by atoms with van der Waals surface area (Å²) in [6.45, 7) is 12.2. The van der Waals surface area contributed by atoms with Crippen LogP contribution >= 0.6 is 0 Å². The molecule has 0 amide bonds. The number of nitrogens with one attached hydrogen (secondary N) is 1. The standard InChI is InChI=1S/C23H24FN3O6S2.C22H22FN3O4S/c1-5-19(28)20-18-12-17-14(2)13-26(34(3,29)30)10-11-27(35(4,31)32)22(17)25-23(18)33-21(20)15-6-8-16(24)9-7-15;1-4-18(27)19-17-11-16-13(2)12-24-9-10-26(31(3,28)29)21(16)25-22(17)30-20(19)14-5-7-15(23)8-6-14/h6-9,12H,2,5,10-11,13H2,1,3-4H3;5-8,11,24H,2,4,9-10,12H2,1,3H3. The molecule has 2 aliphatic heterocycles. The van der Waals surface area contributed by atoms with E-state index in [4.69, 9.17) is 8.83 Å². The fourth-order valence-corrected chi connectivity index (χ4v) is 10.2. The summed E-state index contributed by atoms with van der Waals surface area (Å²) in [6.07, 6.45) is 3.54. The zero-order valence-corrected chi connectivity index (χ0v) is 39.1. The summed E-state index contributed by atoms with van der Waals surface area (Å²) in [5, 5.41) is 3.96. The van der Waals surface area contributed by atoms with Gasteiger partial charge in [0.05, 0.1) is 40.7 Å². The van der Waals surface area contributed by atoms with E-state index in [-0.39, 0.29) is 96.3 Å². The molecule has 348 valence electrons. The summed E-state index contributed by atoms with van der Waals surface area (Å²) in [7, 11) is -11.1. The molecule has 0 spiro atoms. The SMILES string of the molecule is C=C1CN(S(C)(=O)=O)CCN(S(C)(=O)=O)c2nc3oc(-c4ccc(F)cc4)c(C(=O)CC)c3cc21.C=C1CNCCN(S(C)(=O)=O)c2nc3oc(-c4ccc(F)cc4)c(C(=O)CC)c3cc21. The van der Waals surface area contributed by atoms with Crippen LogP contribution in [0, 0.1) is 11.6 Å². The van der Waals surface area contributed by atoms with Crippen LogP contribution in [0.1, 0.15) is 58.5 Å². The number of rotatable bonds is 9. The highest BCUT2D eigenvalue weighted by atomic mass is 32.2. The first-order chi connectivity index (χ1) is 31.0. The summed E-state index contributed by atoms with van der Waals surface area (Å²) in [4.78, 5) is 34.8. The number of ketones is 2. The Morgan fingerprint density at radius 2 is 1.08 bits per heavy atom. The van der Waals surface area contributed by atoms with Gasteiger partial charge in [-0.15, -0.1) is 0 Å². The molecule has 0 atom stereocenters. The van der Waals surface area contributed by atoms with Crippen LogP contribution in [-0.4, -0.2) is 109 Å². The number of nitrogens with zero attached hydrogens (tertiary/aromatic N) is 5. The molecule has 6 aromatic rings. The Kier molecular flexibility index (Phi) is 13.2. The van der Waals surface area contributed by atoms with Gasteiger partial charge in [0.15, 0.2) is 23.2 Å². The highest BCUT2D eigenvalue weighted by molar-refractivity contribution is 7.92. The van der Waals surface area contributed by atoms with E-state index in [0.29, 0.717) is 57.3 Å². The lowest BCUT2D eigenvalue weighted by Gasteiger charge is -2.31. The molecule has 16 nitrogen and oxygen atoms in total. The zero-order chi connectivity index (χ0) is 48.0. The molecule has 0 saturated carbocycles. The van der Waals surface area contributed by atoms with Gasteiger partial charge in [-0.25, -0.2) is 34.0 Å². The van der Waals surface area contributed by atoms with Gasteiger partial charge in [0.25, 0.3) is 0 Å². The molecule has 2 aromatic carbocycles. The van der Waals surface area contributed by atoms with Crippen LogP contribution in [0.4, 0.5) is 20.4 Å². The van der Waals surface area contributed by atoms with Gasteiger partial charge < -0.3 is 14.2 Å². The van der Waals surface area contributed by atoms with Gasteiger partial charge in [0, 0.05) is 74.4 Å². The summed E-state index contributed by atoms with van der Waals surface area (Å²) in [6, 6.07) is 14.3. The van der Waals surface area contributed by atoms with Gasteiger partial charge in [-0.2, -0.15) is 14.3 Å². The highest BCUT2D eigenvalue weighted by Crippen LogP contribution is 2.41. The maximum Gasteiger partial charge on any atom is 0.233 e. The number of anilines is 2. The van der Waals surface area contributed by atoms with Crippen LogP contribution in [-0.2, 0) is 30.1 Å². The monoisotopic (exact) mass is 964 g/mol. The number of benzene rings is 2. The summed E-state index contributed by atoms with van der Waals surface area (Å²) in [5.74, 6) is -0.548. The number of fused-ring (bicyclic) bond motifs is 4. The third-order valence-electron chi connectivity index (χ3n) is 11.0. The van der Waals surface area contributed by atoms with E-state index in [2.05, 4.69) is 28.4 Å². The minimum absolute atomic E-state index is 0.0295. The smallest absolute Gasteiger partial charge is 0.233 e. The van der Waals surface area contributed by atoms with E-state index in [1.807, 2.05) is 0 Å². The van der Waals surface area contributed by atoms with E-state index in [1.54, 1.807) is 26.0 Å². The fourth-order valence-electron chi connectivity index (χ4n) is 7.68. The molecule has 0 unspecified atom stereocenters. The van der Waals surface area contributed by atoms with Gasteiger partial charge in [-0.1, -0.05) is 27.0 Å². The third-order valence-corrected chi connectivity index (χ3v) is 14.6. The zero-order valence-electron chi connectivity index (χ0n) is 36.6. The minimum Gasteiger partial charge on any atom is -0.437 e. The Bertz CT molecular complexity index is 3300. The van der Waals surface area contributed by atoms with Gasteiger partial charge >= 0.3 is 0 Å². The Hall–Kier alpha value is -6.13. The first-order valence-corrected chi connectivity index (χ1v) is 26.1. The maximum absolute atomic E-state index is 13.5. The minimum atomic E-state index is -3.86. The van der Waals surface area contributed by atoms with Crippen molar-refractivity contribution in [2.24, 2.45) is 0 Å². The Morgan fingerprint density at radius 1 is 0.652 bits per heavy atom. The summed E-state index contributed by atoms with van der Waals surface area (Å²) < 4.78 is 117. The number of furan rings is 2. The number of Topliss-reactive ketones (excluding diaryl/α,β-unsaturated/α-hetero) is 2. The second-order valence-electron chi connectivity index (χ2n) is 15.8. The van der Waals surface area contributed by atoms with Crippen molar-refractivity contribution < 1.29 is 52.5 Å². The summed E-state index contributed by atoms with van der Waals surface area (Å²) >= 11 is 0. The number of carbonyl (C=O) groups is 2. The van der Waals surface area contributed by atoms with Crippen molar-refractivity contribution in [3.05, 3.63) is 108 Å². The van der Waals surface area contributed by atoms with Crippen molar-refractivity contribution in [1.29, 1.82) is 0 Å². The van der Waals surface area contributed by atoms with Crippen molar-refractivity contribution in [2.75, 3.05) is 66.6 Å². The van der Waals surface area contributed by atoms with Crippen LogP contribution in [0.25, 0.3) is 56.0 Å². The molecule has 0 saturated heterocycles. The third kappa shape index (κ3) is 9.57. The van der Waals surface area contributed by atoms with E-state index in [9.17, 15) is 43.6 Å². The largest absolute Gasteiger partial charge is 0.437 e. The molecular formula is C45H46F2N6O10S3. The number of halogens is 2. The Balaban J connectivity index is 0.000000198. The maximum atomic E-state index is 13.5.